The molecule has 0 bridgehead atoms. The molecule has 4 aromatic carbocycles. The zero-order chi connectivity index (χ0) is 21.3. The van der Waals surface area contributed by atoms with Gasteiger partial charge in [-0.05, 0) is 59.3 Å². The number of ether oxygens (including phenoxy) is 2. The van der Waals surface area contributed by atoms with Crippen LogP contribution in [0.5, 0.6) is 11.5 Å². The maximum Gasteiger partial charge on any atom is 0.243 e. The van der Waals surface area contributed by atoms with Crippen molar-refractivity contribution in [1.29, 1.82) is 0 Å². The summed E-state index contributed by atoms with van der Waals surface area (Å²) in [5, 5.41) is 8.29. The van der Waals surface area contributed by atoms with Crippen LogP contribution in [-0.4, -0.2) is 25.7 Å². The lowest BCUT2D eigenvalue weighted by molar-refractivity contribution is -0.114. The van der Waals surface area contributed by atoms with Crippen molar-refractivity contribution in [2.75, 3.05) is 30.4 Å². The number of fused-ring (bicyclic) bond motifs is 1. The van der Waals surface area contributed by atoms with Crippen LogP contribution in [0.4, 0.5) is 11.4 Å². The molecule has 5 heteroatoms. The molecule has 0 atom stereocenters. The molecule has 0 aliphatic rings. The van der Waals surface area contributed by atoms with E-state index < -0.39 is 0 Å². The third-order valence-electron chi connectivity index (χ3n) is 4.70. The lowest BCUT2D eigenvalue weighted by Gasteiger charge is -2.10. The summed E-state index contributed by atoms with van der Waals surface area (Å²) in [5.41, 5.74) is 1.63. The summed E-state index contributed by atoms with van der Waals surface area (Å²) in [6.45, 7) is 1.10. The molecule has 5 nitrogen and oxygen atoms in total. The van der Waals surface area contributed by atoms with Gasteiger partial charge in [0, 0.05) is 11.4 Å². The van der Waals surface area contributed by atoms with E-state index >= 15 is 0 Å². The van der Waals surface area contributed by atoms with Gasteiger partial charge in [0.25, 0.3) is 0 Å². The van der Waals surface area contributed by atoms with Crippen LogP contribution in [0.15, 0.2) is 97.1 Å². The Balaban J connectivity index is 1.20. The summed E-state index contributed by atoms with van der Waals surface area (Å²) in [5.74, 6) is 1.48. The Kier molecular flexibility index (Phi) is 6.65. The molecule has 4 aromatic rings. The lowest BCUT2D eigenvalue weighted by atomic mass is 10.1. The molecular formula is C26H24N2O3. The van der Waals surface area contributed by atoms with Crippen molar-refractivity contribution in [3.05, 3.63) is 97.1 Å². The van der Waals surface area contributed by atoms with Crippen molar-refractivity contribution in [2.45, 2.75) is 0 Å². The summed E-state index contributed by atoms with van der Waals surface area (Å²) >= 11 is 0. The average molecular weight is 412 g/mol. The summed E-state index contributed by atoms with van der Waals surface area (Å²) in [6.07, 6.45) is 0. The molecule has 2 N–H and O–H groups in total. The molecule has 0 aromatic heterocycles. The van der Waals surface area contributed by atoms with Gasteiger partial charge in [-0.15, -0.1) is 0 Å². The molecule has 0 fully saturated rings. The highest BCUT2D eigenvalue weighted by Gasteiger charge is 2.04. The Morgan fingerprint density at radius 1 is 0.645 bits per heavy atom. The number of nitrogens with one attached hydrogen (secondary N) is 2. The first kappa shape index (κ1) is 20.3. The Labute approximate surface area is 181 Å². The highest BCUT2D eigenvalue weighted by molar-refractivity contribution is 5.96. The Morgan fingerprint density at radius 2 is 1.26 bits per heavy atom. The topological polar surface area (TPSA) is 59.6 Å². The minimum atomic E-state index is -0.103. The zero-order valence-electron chi connectivity index (χ0n) is 17.1. The van der Waals surface area contributed by atoms with Gasteiger partial charge in [0.05, 0.1) is 6.54 Å². The van der Waals surface area contributed by atoms with Gasteiger partial charge in [0.1, 0.15) is 24.7 Å². The predicted octanol–water partition coefficient (Wildman–Crippen LogP) is 5.35. The Hall–Kier alpha value is -3.99. The molecule has 0 aliphatic heterocycles. The fourth-order valence-corrected chi connectivity index (χ4v) is 3.16. The number of amides is 1. The van der Waals surface area contributed by atoms with E-state index in [0.29, 0.717) is 13.2 Å². The molecule has 0 unspecified atom stereocenters. The van der Waals surface area contributed by atoms with Gasteiger partial charge < -0.3 is 20.1 Å². The number of anilines is 2. The summed E-state index contributed by atoms with van der Waals surface area (Å²) in [7, 11) is 0. The molecule has 156 valence electrons. The van der Waals surface area contributed by atoms with Gasteiger partial charge in [-0.25, -0.2) is 0 Å². The van der Waals surface area contributed by atoms with Crippen LogP contribution in [0.3, 0.4) is 0 Å². The standard InChI is InChI=1S/C26H24N2O3/c29-26(28-23-11-10-20-6-4-5-7-21(20)18-23)19-27-22-12-14-25(15-13-22)31-17-16-30-24-8-2-1-3-9-24/h1-15,18,27H,16-17,19H2,(H,28,29). The maximum absolute atomic E-state index is 12.3. The van der Waals surface area contributed by atoms with Crippen LogP contribution in [0.2, 0.25) is 0 Å². The maximum atomic E-state index is 12.3. The van der Waals surface area contributed by atoms with Gasteiger partial charge in [0.15, 0.2) is 0 Å². The van der Waals surface area contributed by atoms with Gasteiger partial charge in [-0.1, -0.05) is 48.5 Å². The van der Waals surface area contributed by atoms with Gasteiger partial charge in [-0.3, -0.25) is 4.79 Å². The third kappa shape index (κ3) is 6.00. The number of carbonyl (C=O) groups is 1. The fourth-order valence-electron chi connectivity index (χ4n) is 3.16. The number of benzene rings is 4. The van der Waals surface area contributed by atoms with Crippen molar-refractivity contribution in [3.63, 3.8) is 0 Å². The number of hydrogen-bond donors (Lipinski definition) is 2. The van der Waals surface area contributed by atoms with Gasteiger partial charge in [0.2, 0.25) is 5.91 Å². The summed E-state index contributed by atoms with van der Waals surface area (Å²) < 4.78 is 11.3. The van der Waals surface area contributed by atoms with E-state index in [1.165, 1.54) is 0 Å². The first-order valence-electron chi connectivity index (χ1n) is 10.2. The van der Waals surface area contributed by atoms with Gasteiger partial charge in [-0.2, -0.15) is 0 Å². The number of hydrogen-bond acceptors (Lipinski definition) is 4. The largest absolute Gasteiger partial charge is 0.490 e. The second-order valence-electron chi connectivity index (χ2n) is 7.00. The smallest absolute Gasteiger partial charge is 0.243 e. The molecule has 0 saturated heterocycles. The van der Waals surface area contributed by atoms with E-state index in [2.05, 4.69) is 10.6 Å². The quantitative estimate of drug-likeness (QED) is 0.364. The van der Waals surface area contributed by atoms with Crippen LogP contribution in [0.1, 0.15) is 0 Å². The molecule has 0 heterocycles. The predicted molar refractivity (Wildman–Crippen MR) is 125 cm³/mol. The Bertz CT molecular complexity index is 1130. The zero-order valence-corrected chi connectivity index (χ0v) is 17.1. The molecule has 4 rings (SSSR count). The van der Waals surface area contributed by atoms with Crippen LogP contribution < -0.4 is 20.1 Å². The second kappa shape index (κ2) is 10.2. The Morgan fingerprint density at radius 3 is 2.00 bits per heavy atom. The number of rotatable bonds is 9. The van der Waals surface area contributed by atoms with Crippen LogP contribution in [0, 0.1) is 0 Å². The molecule has 0 saturated carbocycles. The molecule has 0 radical (unpaired) electrons. The van der Waals surface area contributed by atoms with Crippen molar-refractivity contribution in [1.82, 2.24) is 0 Å². The molecule has 0 spiro atoms. The van der Waals surface area contributed by atoms with E-state index in [-0.39, 0.29) is 12.5 Å². The molecule has 1 amide bonds. The van der Waals surface area contributed by atoms with E-state index in [9.17, 15) is 4.79 Å². The van der Waals surface area contributed by atoms with Crippen molar-refractivity contribution in [3.8, 4) is 11.5 Å². The first-order valence-corrected chi connectivity index (χ1v) is 10.2. The number of carbonyl (C=O) groups excluding carboxylic acids is 1. The van der Waals surface area contributed by atoms with E-state index in [1.54, 1.807) is 0 Å². The SMILES string of the molecule is O=C(CNc1ccc(OCCOc2ccccc2)cc1)Nc1ccc2ccccc2c1. The van der Waals surface area contributed by atoms with Crippen molar-refractivity contribution >= 4 is 28.1 Å². The number of para-hydroxylation sites is 1. The fraction of sp³-hybridized carbons (Fsp3) is 0.115. The first-order chi connectivity index (χ1) is 15.3. The van der Waals surface area contributed by atoms with Gasteiger partial charge >= 0.3 is 0 Å². The summed E-state index contributed by atoms with van der Waals surface area (Å²) in [6, 6.07) is 31.1. The van der Waals surface area contributed by atoms with E-state index in [4.69, 9.17) is 9.47 Å². The molecule has 0 aliphatic carbocycles. The van der Waals surface area contributed by atoms with Crippen molar-refractivity contribution in [2.24, 2.45) is 0 Å². The van der Waals surface area contributed by atoms with Crippen LogP contribution >= 0.6 is 0 Å². The minimum Gasteiger partial charge on any atom is -0.490 e. The molecule has 31 heavy (non-hydrogen) atoms. The van der Waals surface area contributed by atoms with E-state index in [0.717, 1.165) is 33.6 Å². The third-order valence-corrected chi connectivity index (χ3v) is 4.70. The second-order valence-corrected chi connectivity index (χ2v) is 7.00. The lowest BCUT2D eigenvalue weighted by Crippen LogP contribution is -2.21. The molecular weight excluding hydrogens is 388 g/mol. The highest BCUT2D eigenvalue weighted by Crippen LogP contribution is 2.19. The minimum absolute atomic E-state index is 0.103. The monoisotopic (exact) mass is 412 g/mol. The average Bonchev–Trinajstić information content (AvgIpc) is 2.82. The van der Waals surface area contributed by atoms with Crippen molar-refractivity contribution < 1.29 is 14.3 Å². The van der Waals surface area contributed by atoms with Crippen LogP contribution in [-0.2, 0) is 4.79 Å². The summed E-state index contributed by atoms with van der Waals surface area (Å²) in [4.78, 5) is 12.3. The normalized spacial score (nSPS) is 10.5. The highest BCUT2D eigenvalue weighted by atomic mass is 16.5. The van der Waals surface area contributed by atoms with Crippen LogP contribution in [0.25, 0.3) is 10.8 Å². The van der Waals surface area contributed by atoms with E-state index in [1.807, 2.05) is 97.1 Å².